The van der Waals surface area contributed by atoms with Crippen LogP contribution in [0.4, 0.5) is 5.69 Å². The molecular formula is C24H31N5O3S. The van der Waals surface area contributed by atoms with Crippen molar-refractivity contribution in [2.24, 2.45) is 4.36 Å². The number of fused-ring (bicyclic) bond motifs is 1. The highest BCUT2D eigenvalue weighted by Gasteiger charge is 2.22. The Balaban J connectivity index is 1.62. The molecule has 8 nitrogen and oxygen atoms in total. The maximum Gasteiger partial charge on any atom is 0.217 e. The molecule has 1 atom stereocenters. The van der Waals surface area contributed by atoms with Crippen LogP contribution in [0.1, 0.15) is 29.7 Å². The number of aliphatic hydroxyl groups is 1. The quantitative estimate of drug-likeness (QED) is 0.567. The Morgan fingerprint density at radius 1 is 1.27 bits per heavy atom. The van der Waals surface area contributed by atoms with Crippen molar-refractivity contribution in [2.75, 3.05) is 38.8 Å². The van der Waals surface area contributed by atoms with Gasteiger partial charge in [0, 0.05) is 58.9 Å². The van der Waals surface area contributed by atoms with Crippen molar-refractivity contribution in [3.8, 4) is 5.88 Å². The fourth-order valence-electron chi connectivity index (χ4n) is 4.35. The number of benzene rings is 1. The van der Waals surface area contributed by atoms with E-state index in [0.717, 1.165) is 53.7 Å². The minimum atomic E-state index is -2.26. The zero-order valence-electron chi connectivity index (χ0n) is 19.4. The summed E-state index contributed by atoms with van der Waals surface area (Å²) < 4.78 is 22.8. The summed E-state index contributed by atoms with van der Waals surface area (Å²) in [6.45, 7) is 4.60. The lowest BCUT2D eigenvalue weighted by atomic mass is 10.0. The lowest BCUT2D eigenvalue weighted by Gasteiger charge is -2.32. The Morgan fingerprint density at radius 3 is 2.91 bits per heavy atom. The van der Waals surface area contributed by atoms with Crippen LogP contribution in [0.5, 0.6) is 5.88 Å². The van der Waals surface area contributed by atoms with E-state index >= 15 is 0 Å². The number of rotatable bonds is 7. The molecule has 176 valence electrons. The van der Waals surface area contributed by atoms with Crippen LogP contribution < -0.4 is 4.74 Å². The van der Waals surface area contributed by atoms with Crippen molar-refractivity contribution < 1.29 is 14.1 Å². The van der Waals surface area contributed by atoms with Gasteiger partial charge in [0.25, 0.3) is 0 Å². The summed E-state index contributed by atoms with van der Waals surface area (Å²) in [5, 5.41) is 10.2. The lowest BCUT2D eigenvalue weighted by Crippen LogP contribution is -2.42. The number of ether oxygens (including phenoxy) is 1. The molecule has 1 fully saturated rings. The van der Waals surface area contributed by atoms with E-state index in [1.165, 1.54) is 0 Å². The van der Waals surface area contributed by atoms with Crippen molar-refractivity contribution >= 4 is 26.3 Å². The third kappa shape index (κ3) is 6.04. The second-order valence-corrected chi connectivity index (χ2v) is 11.3. The van der Waals surface area contributed by atoms with E-state index in [4.69, 9.17) is 4.74 Å². The van der Waals surface area contributed by atoms with Crippen molar-refractivity contribution in [1.82, 2.24) is 19.9 Å². The molecule has 0 radical (unpaired) electrons. The highest BCUT2D eigenvalue weighted by molar-refractivity contribution is 7.92. The van der Waals surface area contributed by atoms with Crippen LogP contribution >= 0.6 is 0 Å². The number of aromatic nitrogens is 3. The first-order chi connectivity index (χ1) is 15.8. The number of likely N-dealkylation sites (tertiary alicyclic amines) is 1. The van der Waals surface area contributed by atoms with Gasteiger partial charge in [-0.05, 0) is 50.1 Å². The molecule has 0 spiro atoms. The largest absolute Gasteiger partial charge is 0.473 e. The molecule has 1 aliphatic heterocycles. The first kappa shape index (κ1) is 23.5. The predicted molar refractivity (Wildman–Crippen MR) is 131 cm³/mol. The molecule has 2 aromatic heterocycles. The third-order valence-electron chi connectivity index (χ3n) is 5.69. The summed E-state index contributed by atoms with van der Waals surface area (Å²) in [6.07, 6.45) is 9.16. The monoisotopic (exact) mass is 469 g/mol. The Labute approximate surface area is 195 Å². The van der Waals surface area contributed by atoms with Crippen molar-refractivity contribution in [2.45, 2.75) is 32.3 Å². The maximum absolute atomic E-state index is 12.1. The Kier molecular flexibility index (Phi) is 7.21. The SMILES string of the molecule is Cc1cc(N=S(C)(C)=O)cc2ncnc(Cc3cccnc3O[C@@H]3CCCN(CCO)C3)c12. The first-order valence-electron chi connectivity index (χ1n) is 11.2. The van der Waals surface area contributed by atoms with Crippen LogP contribution in [0.15, 0.2) is 41.2 Å². The summed E-state index contributed by atoms with van der Waals surface area (Å²) in [5.74, 6) is 0.626. The minimum Gasteiger partial charge on any atom is -0.473 e. The Morgan fingerprint density at radius 2 is 2.12 bits per heavy atom. The van der Waals surface area contributed by atoms with Gasteiger partial charge in [-0.15, -0.1) is 0 Å². The topological polar surface area (TPSA) is 101 Å². The number of aliphatic hydroxyl groups excluding tert-OH is 1. The molecule has 0 unspecified atom stereocenters. The van der Waals surface area contributed by atoms with Crippen LogP contribution in [-0.2, 0) is 16.1 Å². The van der Waals surface area contributed by atoms with E-state index in [9.17, 15) is 9.32 Å². The highest BCUT2D eigenvalue weighted by atomic mass is 32.2. The second kappa shape index (κ2) is 10.1. The number of aryl methyl sites for hydroxylation is 1. The van der Waals surface area contributed by atoms with E-state index in [-0.39, 0.29) is 12.7 Å². The summed E-state index contributed by atoms with van der Waals surface area (Å²) in [7, 11) is -2.26. The van der Waals surface area contributed by atoms with E-state index in [1.54, 1.807) is 25.0 Å². The third-order valence-corrected chi connectivity index (χ3v) is 6.34. The average molecular weight is 470 g/mol. The van der Waals surface area contributed by atoms with Crippen LogP contribution in [0.2, 0.25) is 0 Å². The van der Waals surface area contributed by atoms with E-state index < -0.39 is 9.73 Å². The number of hydrogen-bond acceptors (Lipinski definition) is 8. The number of pyridine rings is 1. The van der Waals surface area contributed by atoms with Crippen molar-refractivity contribution in [3.05, 3.63) is 53.6 Å². The molecular weight excluding hydrogens is 438 g/mol. The normalized spacial score (nSPS) is 17.3. The van der Waals surface area contributed by atoms with E-state index in [1.807, 2.05) is 31.2 Å². The van der Waals surface area contributed by atoms with Gasteiger partial charge in [-0.1, -0.05) is 6.07 Å². The van der Waals surface area contributed by atoms with Gasteiger partial charge in [-0.3, -0.25) is 4.90 Å². The smallest absolute Gasteiger partial charge is 0.217 e. The summed E-state index contributed by atoms with van der Waals surface area (Å²) in [5.41, 5.74) is 4.29. The fraction of sp³-hybridized carbons (Fsp3) is 0.458. The highest BCUT2D eigenvalue weighted by Crippen LogP contribution is 2.29. The van der Waals surface area contributed by atoms with Crippen LogP contribution in [0.25, 0.3) is 10.9 Å². The summed E-state index contributed by atoms with van der Waals surface area (Å²) >= 11 is 0. The van der Waals surface area contributed by atoms with Gasteiger partial charge >= 0.3 is 0 Å². The molecule has 1 aliphatic rings. The Hall–Kier alpha value is -2.62. The minimum absolute atomic E-state index is 0.0462. The van der Waals surface area contributed by atoms with E-state index in [2.05, 4.69) is 24.2 Å². The molecule has 0 amide bonds. The molecule has 0 aliphatic carbocycles. The van der Waals surface area contributed by atoms with Crippen LogP contribution in [0.3, 0.4) is 0 Å². The molecule has 1 saturated heterocycles. The molecule has 3 heterocycles. The van der Waals surface area contributed by atoms with Gasteiger partial charge in [-0.2, -0.15) is 4.36 Å². The molecule has 1 N–H and O–H groups in total. The van der Waals surface area contributed by atoms with E-state index in [0.29, 0.717) is 24.5 Å². The van der Waals surface area contributed by atoms with Gasteiger partial charge < -0.3 is 9.84 Å². The van der Waals surface area contributed by atoms with Crippen molar-refractivity contribution in [1.29, 1.82) is 0 Å². The summed E-state index contributed by atoms with van der Waals surface area (Å²) in [6, 6.07) is 7.72. The zero-order chi connectivity index (χ0) is 23.4. The molecule has 3 aromatic rings. The number of nitrogens with zero attached hydrogens (tertiary/aromatic N) is 5. The van der Waals surface area contributed by atoms with Gasteiger partial charge in [0.15, 0.2) is 0 Å². The standard InChI is InChI=1S/C24H31N5O3S/c1-17-12-19(28-33(2,3)31)14-22-23(17)21(26-16-27-22)13-18-6-4-8-25-24(18)32-20-7-5-9-29(15-20)10-11-30/h4,6,8,12,14,16,20,30H,5,7,9-11,13,15H2,1-3H3/t20-/m1/s1. The number of hydrogen-bond donors (Lipinski definition) is 1. The van der Waals surface area contributed by atoms with Gasteiger partial charge in [0.05, 0.1) is 23.5 Å². The Bertz CT molecular complexity index is 1250. The zero-order valence-corrected chi connectivity index (χ0v) is 20.2. The summed E-state index contributed by atoms with van der Waals surface area (Å²) in [4.78, 5) is 15.8. The predicted octanol–water partition coefficient (Wildman–Crippen LogP) is 3.12. The second-order valence-electron chi connectivity index (χ2n) is 8.80. The lowest BCUT2D eigenvalue weighted by molar-refractivity contribution is 0.0732. The molecule has 0 bridgehead atoms. The maximum atomic E-state index is 12.1. The first-order valence-corrected chi connectivity index (χ1v) is 13.5. The van der Waals surface area contributed by atoms with Gasteiger partial charge in [0.2, 0.25) is 5.88 Å². The average Bonchev–Trinajstić information content (AvgIpc) is 2.74. The van der Waals surface area contributed by atoms with Crippen molar-refractivity contribution in [3.63, 3.8) is 0 Å². The molecule has 4 rings (SSSR count). The number of β-amino-alcohol motifs (C(OH)–C–C–N with tert-alkyl or cyclic N) is 1. The molecule has 33 heavy (non-hydrogen) atoms. The number of piperidine rings is 1. The van der Waals surface area contributed by atoms with Gasteiger partial charge in [0.1, 0.15) is 12.4 Å². The fourth-order valence-corrected chi connectivity index (χ4v) is 4.96. The van der Waals surface area contributed by atoms with Crippen LogP contribution in [0, 0.1) is 6.92 Å². The molecule has 1 aromatic carbocycles. The molecule has 0 saturated carbocycles. The molecule has 9 heteroatoms. The van der Waals surface area contributed by atoms with Crippen LogP contribution in [-0.4, -0.2) is 74.0 Å². The van der Waals surface area contributed by atoms with Gasteiger partial charge in [-0.25, -0.2) is 19.2 Å².